The van der Waals surface area contributed by atoms with Crippen molar-refractivity contribution in [3.63, 3.8) is 0 Å². The van der Waals surface area contributed by atoms with Crippen LogP contribution in [-0.2, 0) is 4.79 Å². The fourth-order valence-corrected chi connectivity index (χ4v) is 2.96. The van der Waals surface area contributed by atoms with Crippen LogP contribution in [0.25, 0.3) is 0 Å². The van der Waals surface area contributed by atoms with Crippen molar-refractivity contribution in [3.05, 3.63) is 35.6 Å². The SMILES string of the molecule is CNC(=O)CC(c1cccc(F)c1)C1CCCC1. The van der Waals surface area contributed by atoms with Gasteiger partial charge in [0, 0.05) is 13.5 Å². The van der Waals surface area contributed by atoms with Crippen molar-refractivity contribution in [2.45, 2.75) is 38.0 Å². The fourth-order valence-electron chi connectivity index (χ4n) is 2.96. The van der Waals surface area contributed by atoms with E-state index in [4.69, 9.17) is 0 Å². The van der Waals surface area contributed by atoms with E-state index in [1.807, 2.05) is 6.07 Å². The van der Waals surface area contributed by atoms with E-state index in [-0.39, 0.29) is 17.6 Å². The molecular weight excluding hydrogens is 229 g/mol. The molecule has 2 nitrogen and oxygen atoms in total. The number of hydrogen-bond donors (Lipinski definition) is 1. The van der Waals surface area contributed by atoms with Gasteiger partial charge in [-0.3, -0.25) is 4.79 Å². The first-order chi connectivity index (χ1) is 8.70. The Hall–Kier alpha value is -1.38. The van der Waals surface area contributed by atoms with Crippen LogP contribution in [0.4, 0.5) is 4.39 Å². The highest BCUT2D eigenvalue weighted by Crippen LogP contribution is 2.39. The third kappa shape index (κ3) is 3.09. The number of hydrogen-bond acceptors (Lipinski definition) is 1. The number of rotatable bonds is 4. The minimum Gasteiger partial charge on any atom is -0.359 e. The van der Waals surface area contributed by atoms with Gasteiger partial charge in [-0.05, 0) is 42.4 Å². The van der Waals surface area contributed by atoms with Crippen molar-refractivity contribution < 1.29 is 9.18 Å². The molecule has 0 saturated heterocycles. The van der Waals surface area contributed by atoms with Crippen molar-refractivity contribution in [1.29, 1.82) is 0 Å². The van der Waals surface area contributed by atoms with Crippen LogP contribution >= 0.6 is 0 Å². The number of nitrogens with one attached hydrogen (secondary N) is 1. The summed E-state index contributed by atoms with van der Waals surface area (Å²) >= 11 is 0. The normalized spacial score (nSPS) is 17.7. The summed E-state index contributed by atoms with van der Waals surface area (Å²) in [6, 6.07) is 6.70. The molecule has 0 bridgehead atoms. The highest BCUT2D eigenvalue weighted by atomic mass is 19.1. The van der Waals surface area contributed by atoms with Crippen LogP contribution < -0.4 is 5.32 Å². The molecular formula is C15H20FNO. The van der Waals surface area contributed by atoms with Gasteiger partial charge in [-0.2, -0.15) is 0 Å². The third-order valence-electron chi connectivity index (χ3n) is 3.93. The zero-order valence-corrected chi connectivity index (χ0v) is 10.8. The molecule has 1 unspecified atom stereocenters. The molecule has 1 saturated carbocycles. The van der Waals surface area contributed by atoms with Crippen molar-refractivity contribution >= 4 is 5.91 Å². The van der Waals surface area contributed by atoms with Gasteiger partial charge in [-0.25, -0.2) is 4.39 Å². The largest absolute Gasteiger partial charge is 0.359 e. The van der Waals surface area contributed by atoms with Crippen LogP contribution in [-0.4, -0.2) is 13.0 Å². The number of amides is 1. The average Bonchev–Trinajstić information content (AvgIpc) is 2.89. The second-order valence-corrected chi connectivity index (χ2v) is 5.08. The van der Waals surface area contributed by atoms with Crippen LogP contribution in [0, 0.1) is 11.7 Å². The Morgan fingerprint density at radius 1 is 1.44 bits per heavy atom. The molecule has 98 valence electrons. The van der Waals surface area contributed by atoms with Crippen molar-refractivity contribution in [2.75, 3.05) is 7.05 Å². The van der Waals surface area contributed by atoms with E-state index >= 15 is 0 Å². The number of carbonyl (C=O) groups excluding carboxylic acids is 1. The van der Waals surface area contributed by atoms with Crippen molar-refractivity contribution in [2.24, 2.45) is 5.92 Å². The lowest BCUT2D eigenvalue weighted by Gasteiger charge is -2.23. The maximum Gasteiger partial charge on any atom is 0.220 e. The van der Waals surface area contributed by atoms with E-state index in [1.165, 1.54) is 18.9 Å². The van der Waals surface area contributed by atoms with Crippen LogP contribution in [0.1, 0.15) is 43.6 Å². The predicted octanol–water partition coefficient (Wildman–Crippen LogP) is 3.24. The molecule has 0 aromatic heterocycles. The van der Waals surface area contributed by atoms with Crippen LogP contribution in [0.3, 0.4) is 0 Å². The molecule has 1 atom stereocenters. The van der Waals surface area contributed by atoms with Gasteiger partial charge >= 0.3 is 0 Å². The molecule has 1 aliphatic carbocycles. The summed E-state index contributed by atoms with van der Waals surface area (Å²) in [5.74, 6) is 0.496. The van der Waals surface area contributed by atoms with Gasteiger partial charge in [0.2, 0.25) is 5.91 Å². The molecule has 1 amide bonds. The number of carbonyl (C=O) groups is 1. The molecule has 1 aromatic rings. The lowest BCUT2D eigenvalue weighted by molar-refractivity contribution is -0.121. The number of halogens is 1. The minimum absolute atomic E-state index is 0.0381. The van der Waals surface area contributed by atoms with Gasteiger partial charge in [0.25, 0.3) is 0 Å². The first-order valence-electron chi connectivity index (χ1n) is 6.66. The highest BCUT2D eigenvalue weighted by Gasteiger charge is 2.28. The van der Waals surface area contributed by atoms with E-state index in [2.05, 4.69) is 5.32 Å². The summed E-state index contributed by atoms with van der Waals surface area (Å²) in [7, 11) is 1.65. The predicted molar refractivity (Wildman–Crippen MR) is 69.8 cm³/mol. The smallest absolute Gasteiger partial charge is 0.220 e. The zero-order valence-electron chi connectivity index (χ0n) is 10.8. The molecule has 1 N–H and O–H groups in total. The van der Waals surface area contributed by atoms with Gasteiger partial charge < -0.3 is 5.32 Å². The quantitative estimate of drug-likeness (QED) is 0.872. The first kappa shape index (κ1) is 13.1. The van der Waals surface area contributed by atoms with Gasteiger partial charge in [0.1, 0.15) is 5.82 Å². The fraction of sp³-hybridized carbons (Fsp3) is 0.533. The molecule has 2 rings (SSSR count). The Labute approximate surface area is 108 Å². The van der Waals surface area contributed by atoms with Crippen molar-refractivity contribution in [3.8, 4) is 0 Å². The van der Waals surface area contributed by atoms with Gasteiger partial charge in [0.05, 0.1) is 0 Å². The molecule has 1 aliphatic rings. The topological polar surface area (TPSA) is 29.1 Å². The van der Waals surface area contributed by atoms with Crippen LogP contribution in [0.5, 0.6) is 0 Å². The van der Waals surface area contributed by atoms with Gasteiger partial charge in [0.15, 0.2) is 0 Å². The Bertz CT molecular complexity index is 413. The summed E-state index contributed by atoms with van der Waals surface area (Å²) in [6.45, 7) is 0. The van der Waals surface area contributed by atoms with Gasteiger partial charge in [-0.1, -0.05) is 25.0 Å². The molecule has 1 fully saturated rings. The zero-order chi connectivity index (χ0) is 13.0. The van der Waals surface area contributed by atoms with Crippen LogP contribution in [0.2, 0.25) is 0 Å². The second-order valence-electron chi connectivity index (χ2n) is 5.08. The standard InChI is InChI=1S/C15H20FNO/c1-17-15(18)10-14(11-5-2-3-6-11)12-7-4-8-13(16)9-12/h4,7-9,11,14H,2-3,5-6,10H2,1H3,(H,17,18). The summed E-state index contributed by atoms with van der Waals surface area (Å²) in [5.41, 5.74) is 0.963. The highest BCUT2D eigenvalue weighted by molar-refractivity contribution is 5.76. The van der Waals surface area contributed by atoms with E-state index in [0.29, 0.717) is 12.3 Å². The van der Waals surface area contributed by atoms with E-state index in [9.17, 15) is 9.18 Å². The molecule has 0 aliphatic heterocycles. The molecule has 0 spiro atoms. The van der Waals surface area contributed by atoms with Gasteiger partial charge in [-0.15, -0.1) is 0 Å². The first-order valence-corrected chi connectivity index (χ1v) is 6.66. The summed E-state index contributed by atoms with van der Waals surface area (Å²) in [4.78, 5) is 11.6. The minimum atomic E-state index is -0.215. The Morgan fingerprint density at radius 3 is 2.78 bits per heavy atom. The maximum atomic E-state index is 13.3. The molecule has 3 heteroatoms. The Morgan fingerprint density at radius 2 is 2.17 bits per heavy atom. The van der Waals surface area contributed by atoms with E-state index < -0.39 is 0 Å². The van der Waals surface area contributed by atoms with E-state index in [1.54, 1.807) is 19.2 Å². The lowest BCUT2D eigenvalue weighted by Crippen LogP contribution is -2.23. The number of benzene rings is 1. The average molecular weight is 249 g/mol. The lowest BCUT2D eigenvalue weighted by atomic mass is 9.82. The Kier molecular flexibility index (Phi) is 4.34. The molecule has 0 radical (unpaired) electrons. The molecule has 0 heterocycles. The van der Waals surface area contributed by atoms with Crippen molar-refractivity contribution in [1.82, 2.24) is 5.32 Å². The Balaban J connectivity index is 2.20. The molecule has 18 heavy (non-hydrogen) atoms. The maximum absolute atomic E-state index is 13.3. The third-order valence-corrected chi connectivity index (χ3v) is 3.93. The van der Waals surface area contributed by atoms with E-state index in [0.717, 1.165) is 18.4 Å². The monoisotopic (exact) mass is 249 g/mol. The van der Waals surface area contributed by atoms with Crippen LogP contribution in [0.15, 0.2) is 24.3 Å². The molecule has 1 aromatic carbocycles. The second kappa shape index (κ2) is 5.98. The summed E-state index contributed by atoms with van der Waals surface area (Å²) in [5, 5.41) is 2.67. The summed E-state index contributed by atoms with van der Waals surface area (Å²) in [6.07, 6.45) is 5.22. The summed E-state index contributed by atoms with van der Waals surface area (Å²) < 4.78 is 13.3.